The Kier molecular flexibility index (Phi) is 1.15. The van der Waals surface area contributed by atoms with Crippen molar-refractivity contribution < 1.29 is 4.79 Å². The molecule has 0 aromatic rings. The number of hydrogen-bond acceptors (Lipinski definition) is 3. The van der Waals surface area contributed by atoms with Crippen LogP contribution in [0.4, 0.5) is 0 Å². The molecule has 0 spiro atoms. The zero-order chi connectivity index (χ0) is 5.98. The number of carbonyl (C=O) groups excluding carboxylic acids is 1. The maximum absolute atomic E-state index is 10.4. The molecule has 4 nitrogen and oxygen atoms in total. The van der Waals surface area contributed by atoms with Gasteiger partial charge in [0.2, 0.25) is 5.91 Å². The highest BCUT2D eigenvalue weighted by Crippen LogP contribution is 1.97. The summed E-state index contributed by atoms with van der Waals surface area (Å²) in [5, 5.41) is 5.81. The van der Waals surface area contributed by atoms with Gasteiger partial charge in [-0.2, -0.15) is 5.10 Å². The molecular formula is C4H7N3O. The Morgan fingerprint density at radius 1 is 1.62 bits per heavy atom. The second-order valence-electron chi connectivity index (χ2n) is 1.62. The van der Waals surface area contributed by atoms with Crippen molar-refractivity contribution >= 4 is 11.7 Å². The number of nitrogens with two attached hydrogens (primary N) is 1. The molecule has 0 unspecified atom stereocenters. The number of hydrogen-bond donors (Lipinski definition) is 2. The van der Waals surface area contributed by atoms with E-state index in [4.69, 9.17) is 5.84 Å². The highest BCUT2D eigenvalue weighted by molar-refractivity contribution is 6.04. The molecule has 8 heavy (non-hydrogen) atoms. The van der Waals surface area contributed by atoms with Gasteiger partial charge >= 0.3 is 0 Å². The zero-order valence-electron chi connectivity index (χ0n) is 4.35. The van der Waals surface area contributed by atoms with Gasteiger partial charge in [-0.25, -0.2) is 0 Å². The molecule has 0 aliphatic carbocycles. The van der Waals surface area contributed by atoms with Gasteiger partial charge in [0.05, 0.1) is 0 Å². The van der Waals surface area contributed by atoms with E-state index in [1.165, 1.54) is 0 Å². The van der Waals surface area contributed by atoms with Crippen molar-refractivity contribution in [2.24, 2.45) is 10.9 Å². The molecule has 1 aliphatic rings. The van der Waals surface area contributed by atoms with Crippen molar-refractivity contribution in [1.29, 1.82) is 0 Å². The molecule has 1 amide bonds. The monoisotopic (exact) mass is 113 g/mol. The molecule has 0 radical (unpaired) electrons. The largest absolute Gasteiger partial charge is 0.322 e. The number of nitrogens with zero attached hydrogens (tertiary/aromatic N) is 1. The van der Waals surface area contributed by atoms with Crippen molar-refractivity contribution in [3.05, 3.63) is 0 Å². The first-order valence-electron chi connectivity index (χ1n) is 2.39. The van der Waals surface area contributed by atoms with E-state index in [2.05, 4.69) is 10.4 Å². The maximum atomic E-state index is 10.4. The quantitative estimate of drug-likeness (QED) is 0.318. The molecule has 0 saturated carbocycles. The van der Waals surface area contributed by atoms with Gasteiger partial charge in [0.15, 0.2) is 0 Å². The Labute approximate surface area is 46.7 Å². The summed E-state index contributed by atoms with van der Waals surface area (Å²) in [5.41, 5.74) is 0. The maximum Gasteiger partial charge on any atom is 0.225 e. The fraction of sp³-hybridized carbons (Fsp3) is 0.500. The number of amides is 1. The third kappa shape index (κ3) is 0.776. The highest BCUT2D eigenvalue weighted by Gasteiger charge is 2.14. The molecule has 0 atom stereocenters. The second kappa shape index (κ2) is 1.81. The van der Waals surface area contributed by atoms with Gasteiger partial charge < -0.3 is 11.2 Å². The molecule has 1 rings (SSSR count). The van der Waals surface area contributed by atoms with Crippen LogP contribution < -0.4 is 11.2 Å². The SMILES string of the molecule is NN=C1CCC(=O)N1. The number of nitrogens with one attached hydrogen (secondary N) is 1. The third-order valence-electron chi connectivity index (χ3n) is 1.03. The van der Waals surface area contributed by atoms with Crippen LogP contribution in [0, 0.1) is 0 Å². The number of amidine groups is 1. The van der Waals surface area contributed by atoms with E-state index in [0.29, 0.717) is 18.7 Å². The van der Waals surface area contributed by atoms with E-state index in [9.17, 15) is 4.79 Å². The lowest BCUT2D eigenvalue weighted by atomic mass is 10.4. The third-order valence-corrected chi connectivity index (χ3v) is 1.03. The molecule has 0 aromatic carbocycles. The van der Waals surface area contributed by atoms with E-state index < -0.39 is 0 Å². The predicted molar refractivity (Wildman–Crippen MR) is 29.0 cm³/mol. The molecular weight excluding hydrogens is 106 g/mol. The molecule has 4 heteroatoms. The minimum Gasteiger partial charge on any atom is -0.322 e. The van der Waals surface area contributed by atoms with Crippen LogP contribution in [0.15, 0.2) is 5.10 Å². The van der Waals surface area contributed by atoms with Crippen LogP contribution >= 0.6 is 0 Å². The van der Waals surface area contributed by atoms with Gasteiger partial charge in [0.25, 0.3) is 0 Å². The van der Waals surface area contributed by atoms with E-state index in [0.717, 1.165) is 0 Å². The predicted octanol–water partition coefficient (Wildman–Crippen LogP) is -0.831. The Bertz CT molecular complexity index is 140. The Morgan fingerprint density at radius 3 is 2.62 bits per heavy atom. The summed E-state index contributed by atoms with van der Waals surface area (Å²) >= 11 is 0. The van der Waals surface area contributed by atoms with Crippen LogP contribution in [0.3, 0.4) is 0 Å². The van der Waals surface area contributed by atoms with Crippen LogP contribution in [0.25, 0.3) is 0 Å². The molecule has 0 bridgehead atoms. The van der Waals surface area contributed by atoms with Gasteiger partial charge in [0.1, 0.15) is 5.84 Å². The number of hydrazone groups is 1. The standard InChI is InChI=1S/C4H7N3O/c5-7-3-1-2-4(8)6-3/h1-2,5H2,(H,6,7,8). The molecule has 1 heterocycles. The number of carbonyl (C=O) groups is 1. The first kappa shape index (κ1) is 5.08. The van der Waals surface area contributed by atoms with Crippen molar-refractivity contribution in [3.8, 4) is 0 Å². The smallest absolute Gasteiger partial charge is 0.225 e. The first-order chi connectivity index (χ1) is 3.83. The van der Waals surface area contributed by atoms with Crippen LogP contribution in [0.1, 0.15) is 12.8 Å². The number of rotatable bonds is 0. The lowest BCUT2D eigenvalue weighted by Crippen LogP contribution is -2.20. The first-order valence-corrected chi connectivity index (χ1v) is 2.39. The average Bonchev–Trinajstić information content (AvgIpc) is 2.14. The van der Waals surface area contributed by atoms with Crippen molar-refractivity contribution in [2.45, 2.75) is 12.8 Å². The van der Waals surface area contributed by atoms with Gasteiger partial charge in [0, 0.05) is 12.8 Å². The summed E-state index contributed by atoms with van der Waals surface area (Å²) in [5.74, 6) is 5.47. The molecule has 1 saturated heterocycles. The normalized spacial score (nSPS) is 24.0. The van der Waals surface area contributed by atoms with E-state index in [1.54, 1.807) is 0 Å². The summed E-state index contributed by atoms with van der Waals surface area (Å²) in [6.45, 7) is 0. The summed E-state index contributed by atoms with van der Waals surface area (Å²) in [6.07, 6.45) is 1.19. The van der Waals surface area contributed by atoms with Crippen LogP contribution in [-0.2, 0) is 4.79 Å². The fourth-order valence-corrected chi connectivity index (χ4v) is 0.615. The second-order valence-corrected chi connectivity index (χ2v) is 1.62. The van der Waals surface area contributed by atoms with Crippen molar-refractivity contribution in [3.63, 3.8) is 0 Å². The fourth-order valence-electron chi connectivity index (χ4n) is 0.615. The lowest BCUT2D eigenvalue weighted by molar-refractivity contribution is -0.118. The Morgan fingerprint density at radius 2 is 2.38 bits per heavy atom. The van der Waals surface area contributed by atoms with Crippen molar-refractivity contribution in [2.75, 3.05) is 0 Å². The molecule has 1 fully saturated rings. The topological polar surface area (TPSA) is 67.5 Å². The van der Waals surface area contributed by atoms with Crippen molar-refractivity contribution in [1.82, 2.24) is 5.32 Å². The minimum atomic E-state index is 0.00852. The Hall–Kier alpha value is -1.06. The van der Waals surface area contributed by atoms with Crippen LogP contribution in [-0.4, -0.2) is 11.7 Å². The Balaban J connectivity index is 2.56. The summed E-state index contributed by atoms with van der Waals surface area (Å²) in [6, 6.07) is 0. The van der Waals surface area contributed by atoms with Gasteiger partial charge in [-0.05, 0) is 0 Å². The molecule has 3 N–H and O–H groups in total. The van der Waals surface area contributed by atoms with E-state index in [1.807, 2.05) is 0 Å². The van der Waals surface area contributed by atoms with E-state index >= 15 is 0 Å². The molecule has 44 valence electrons. The van der Waals surface area contributed by atoms with Crippen LogP contribution in [0.2, 0.25) is 0 Å². The highest BCUT2D eigenvalue weighted by atomic mass is 16.1. The van der Waals surface area contributed by atoms with Gasteiger partial charge in [-0.15, -0.1) is 0 Å². The summed E-state index contributed by atoms with van der Waals surface area (Å²) in [7, 11) is 0. The molecule has 1 aliphatic heterocycles. The minimum absolute atomic E-state index is 0.00852. The zero-order valence-corrected chi connectivity index (χ0v) is 4.35. The van der Waals surface area contributed by atoms with Crippen LogP contribution in [0.5, 0.6) is 0 Å². The summed E-state index contributed by atoms with van der Waals surface area (Å²) < 4.78 is 0. The summed E-state index contributed by atoms with van der Waals surface area (Å²) in [4.78, 5) is 10.4. The average molecular weight is 113 g/mol. The lowest BCUT2D eigenvalue weighted by Gasteiger charge is -1.87. The molecule has 0 aromatic heterocycles. The van der Waals surface area contributed by atoms with E-state index in [-0.39, 0.29) is 5.91 Å². The van der Waals surface area contributed by atoms with Gasteiger partial charge in [-0.3, -0.25) is 4.79 Å². The van der Waals surface area contributed by atoms with Gasteiger partial charge in [-0.1, -0.05) is 0 Å².